The van der Waals surface area contributed by atoms with Crippen molar-refractivity contribution in [3.05, 3.63) is 0 Å². The van der Waals surface area contributed by atoms with Crippen molar-refractivity contribution in [3.8, 4) is 0 Å². The summed E-state index contributed by atoms with van der Waals surface area (Å²) in [7, 11) is 0. The lowest BCUT2D eigenvalue weighted by Crippen LogP contribution is -2.37. The van der Waals surface area contributed by atoms with E-state index in [-0.39, 0.29) is 0 Å². The van der Waals surface area contributed by atoms with Crippen LogP contribution in [0.3, 0.4) is 0 Å². The zero-order valence-electron chi connectivity index (χ0n) is 5.55. The summed E-state index contributed by atoms with van der Waals surface area (Å²) in [5, 5.41) is 0. The van der Waals surface area contributed by atoms with Gasteiger partial charge in [-0.2, -0.15) is 22.0 Å². The monoisotopic (exact) mass is 288 g/mol. The number of hydrogen-bond donors (Lipinski definition) is 0. The topological polar surface area (TPSA) is 0 Å². The Morgan fingerprint density at radius 3 is 1.64 bits per heavy atom. The normalized spacial score (nSPS) is 16.6. The minimum atomic E-state index is -5.41. The maximum Gasteiger partial charge on any atom is 0.453 e. The van der Waals surface area contributed by atoms with Crippen LogP contribution in [0.25, 0.3) is 0 Å². The Hall–Kier alpha value is 0.380. The van der Waals surface area contributed by atoms with E-state index in [0.29, 0.717) is 0 Å². The Morgan fingerprint density at radius 2 is 1.55 bits per heavy atom. The molecular weight excluding hydrogens is 282 g/mol. The number of rotatable bonds is 2. The van der Waals surface area contributed by atoms with Gasteiger partial charge < -0.3 is 0 Å². The van der Waals surface area contributed by atoms with E-state index in [1.54, 1.807) is 0 Å². The minimum Gasteiger partial charge on any atom is -0.196 e. The Kier molecular flexibility index (Phi) is 3.52. The summed E-state index contributed by atoms with van der Waals surface area (Å²) < 4.78 is 57.7. The van der Waals surface area contributed by atoms with Crippen molar-refractivity contribution in [2.24, 2.45) is 0 Å². The lowest BCUT2D eigenvalue weighted by molar-refractivity contribution is -0.283. The molecule has 0 bridgehead atoms. The molecule has 0 aliphatic heterocycles. The van der Waals surface area contributed by atoms with Crippen molar-refractivity contribution in [1.29, 1.82) is 0 Å². The van der Waals surface area contributed by atoms with E-state index in [2.05, 4.69) is 0 Å². The van der Waals surface area contributed by atoms with Crippen LogP contribution in [-0.2, 0) is 0 Å². The van der Waals surface area contributed by atoms with Crippen molar-refractivity contribution in [3.63, 3.8) is 0 Å². The molecule has 0 saturated heterocycles. The van der Waals surface area contributed by atoms with E-state index >= 15 is 0 Å². The van der Waals surface area contributed by atoms with Crippen LogP contribution in [0.2, 0.25) is 0 Å². The zero-order valence-corrected chi connectivity index (χ0v) is 7.71. The molecule has 0 aromatic carbocycles. The molecular formula is C5H6F5I. The van der Waals surface area contributed by atoms with Gasteiger partial charge in [0.15, 0.2) is 0 Å². The predicted octanol–water partition coefficient (Wildman–Crippen LogP) is 3.40. The van der Waals surface area contributed by atoms with Gasteiger partial charge in [0.05, 0.1) is 0 Å². The molecule has 0 aliphatic carbocycles. The molecule has 11 heavy (non-hydrogen) atoms. The van der Waals surface area contributed by atoms with Gasteiger partial charge in [-0.1, -0.05) is 29.5 Å². The van der Waals surface area contributed by atoms with Gasteiger partial charge in [0.25, 0.3) is 0 Å². The highest BCUT2D eigenvalue weighted by Crippen LogP contribution is 2.39. The van der Waals surface area contributed by atoms with E-state index in [1.165, 1.54) is 29.5 Å². The van der Waals surface area contributed by atoms with Gasteiger partial charge in [0.1, 0.15) is 0 Å². The standard InChI is InChI=1S/C5H6F5I/c1-3(11)2-4(6,7)5(8,9)10/h3H,2H2,1H3. The summed E-state index contributed by atoms with van der Waals surface area (Å²) in [6.45, 7) is 1.31. The Morgan fingerprint density at radius 1 is 1.18 bits per heavy atom. The molecule has 0 N–H and O–H groups in total. The van der Waals surface area contributed by atoms with E-state index < -0.39 is 22.4 Å². The van der Waals surface area contributed by atoms with Crippen LogP contribution in [-0.4, -0.2) is 16.0 Å². The fourth-order valence-electron chi connectivity index (χ4n) is 0.469. The van der Waals surface area contributed by atoms with E-state index in [4.69, 9.17) is 0 Å². The molecule has 0 nitrogen and oxygen atoms in total. The van der Waals surface area contributed by atoms with Gasteiger partial charge in [0.2, 0.25) is 0 Å². The molecule has 0 heterocycles. The van der Waals surface area contributed by atoms with Crippen LogP contribution in [0, 0.1) is 0 Å². The van der Waals surface area contributed by atoms with E-state index in [9.17, 15) is 22.0 Å². The zero-order chi connectivity index (χ0) is 9.28. The summed E-state index contributed by atoms with van der Waals surface area (Å²) >= 11 is 1.53. The van der Waals surface area contributed by atoms with Crippen LogP contribution in [0.5, 0.6) is 0 Å². The van der Waals surface area contributed by atoms with Crippen molar-refractivity contribution in [2.75, 3.05) is 0 Å². The van der Waals surface area contributed by atoms with E-state index in [1.807, 2.05) is 0 Å². The average molecular weight is 288 g/mol. The van der Waals surface area contributed by atoms with E-state index in [0.717, 1.165) is 0 Å². The summed E-state index contributed by atoms with van der Waals surface area (Å²) in [6.07, 6.45) is -6.57. The third-order valence-electron chi connectivity index (χ3n) is 0.952. The van der Waals surface area contributed by atoms with Gasteiger partial charge in [0, 0.05) is 10.3 Å². The summed E-state index contributed by atoms with van der Waals surface area (Å²) in [6, 6.07) is 0. The molecule has 6 heteroatoms. The van der Waals surface area contributed by atoms with Crippen molar-refractivity contribution in [1.82, 2.24) is 0 Å². The Labute approximate surface area is 74.3 Å². The molecule has 0 rings (SSSR count). The largest absolute Gasteiger partial charge is 0.453 e. The molecule has 0 aliphatic rings. The van der Waals surface area contributed by atoms with Crippen LogP contribution in [0.15, 0.2) is 0 Å². The summed E-state index contributed by atoms with van der Waals surface area (Å²) in [5.74, 6) is -4.55. The summed E-state index contributed by atoms with van der Waals surface area (Å²) in [4.78, 5) is 0. The third-order valence-corrected chi connectivity index (χ3v) is 1.39. The van der Waals surface area contributed by atoms with Crippen LogP contribution in [0.4, 0.5) is 22.0 Å². The second-order valence-electron chi connectivity index (χ2n) is 2.19. The SMILES string of the molecule is CC(I)CC(F)(F)C(F)(F)F. The molecule has 0 radical (unpaired) electrons. The molecule has 1 unspecified atom stereocenters. The highest BCUT2D eigenvalue weighted by molar-refractivity contribution is 14.1. The first-order valence-electron chi connectivity index (χ1n) is 2.75. The highest BCUT2D eigenvalue weighted by Gasteiger charge is 2.57. The van der Waals surface area contributed by atoms with Crippen molar-refractivity contribution in [2.45, 2.75) is 29.4 Å². The van der Waals surface area contributed by atoms with Crippen molar-refractivity contribution >= 4 is 22.6 Å². The van der Waals surface area contributed by atoms with Gasteiger partial charge >= 0.3 is 12.1 Å². The lowest BCUT2D eigenvalue weighted by atomic mass is 10.2. The Balaban J connectivity index is 4.22. The van der Waals surface area contributed by atoms with Gasteiger partial charge in [-0.25, -0.2) is 0 Å². The average Bonchev–Trinajstić information content (AvgIpc) is 1.56. The molecule has 0 aromatic heterocycles. The molecule has 68 valence electrons. The van der Waals surface area contributed by atoms with Crippen LogP contribution in [0.1, 0.15) is 13.3 Å². The number of halogens is 6. The Bertz CT molecular complexity index is 127. The molecule has 0 amide bonds. The highest BCUT2D eigenvalue weighted by atomic mass is 127. The van der Waals surface area contributed by atoms with Crippen LogP contribution < -0.4 is 0 Å². The molecule has 0 fully saturated rings. The second kappa shape index (κ2) is 3.40. The smallest absolute Gasteiger partial charge is 0.196 e. The number of hydrogen-bond acceptors (Lipinski definition) is 0. The summed E-state index contributed by atoms with van der Waals surface area (Å²) in [5.41, 5.74) is 0. The fourth-order valence-corrected chi connectivity index (χ4v) is 1.02. The second-order valence-corrected chi connectivity index (χ2v) is 4.31. The fraction of sp³-hybridized carbons (Fsp3) is 1.00. The predicted molar refractivity (Wildman–Crippen MR) is 39.1 cm³/mol. The maximum absolute atomic E-state index is 12.1. The first-order valence-corrected chi connectivity index (χ1v) is 4.00. The molecule has 1 atom stereocenters. The third kappa shape index (κ3) is 3.53. The van der Waals surface area contributed by atoms with Crippen molar-refractivity contribution < 1.29 is 22.0 Å². The number of alkyl halides is 6. The molecule has 0 aromatic rings. The minimum absolute atomic E-state index is 0.691. The van der Waals surface area contributed by atoms with Gasteiger partial charge in [-0.05, 0) is 0 Å². The lowest BCUT2D eigenvalue weighted by Gasteiger charge is -2.20. The van der Waals surface area contributed by atoms with Gasteiger partial charge in [-0.15, -0.1) is 0 Å². The molecule has 0 spiro atoms. The van der Waals surface area contributed by atoms with Crippen LogP contribution >= 0.6 is 22.6 Å². The molecule has 0 saturated carbocycles. The first kappa shape index (κ1) is 11.4. The first-order chi connectivity index (χ1) is 4.67. The van der Waals surface area contributed by atoms with Gasteiger partial charge in [-0.3, -0.25) is 0 Å². The maximum atomic E-state index is 12.1. The quantitative estimate of drug-likeness (QED) is 0.415.